The van der Waals surface area contributed by atoms with Crippen LogP contribution in [-0.2, 0) is 16.6 Å². The average molecular weight is 684 g/mol. The average Bonchev–Trinajstić information content (AvgIpc) is 3.01. The van der Waals surface area contributed by atoms with Gasteiger partial charge >= 0.3 is 0 Å². The molecule has 1 atom stereocenters. The third-order valence-corrected chi connectivity index (χ3v) is 10.5. The number of aromatic nitrogens is 4. The smallest absolute Gasteiger partial charge is 0.264 e. The molecule has 49 heavy (non-hydrogen) atoms. The summed E-state index contributed by atoms with van der Waals surface area (Å²) in [6.07, 6.45) is 7.64. The molecule has 4 aromatic rings. The Morgan fingerprint density at radius 3 is 2.43 bits per heavy atom. The summed E-state index contributed by atoms with van der Waals surface area (Å²) >= 11 is 0. The Bertz CT molecular complexity index is 1940. The molecule has 2 aromatic carbocycles. The number of amides is 1. The van der Waals surface area contributed by atoms with Crippen molar-refractivity contribution in [1.29, 1.82) is 0 Å². The standard InChI is InChI=1S/C37H45N7O4S/c1-24-10-7-11-25(2)34(24)31-17-33-41-36(40-31)42-49(46,47)30-15-8-12-27(16-30)35(45)44(21-26(23-48-33)18-37(3,4)5)22-28-19-38-20-32(39-28)43(6)29-13-9-14-29/h7-8,10-12,15-17,19-20,26,29H,9,13-14,18,21-23H2,1-6H3,(H,40,41,42)/t26-/m1/s1. The minimum atomic E-state index is -4.17. The van der Waals surface area contributed by atoms with E-state index in [1.807, 2.05) is 39.1 Å². The van der Waals surface area contributed by atoms with Crippen molar-refractivity contribution in [2.75, 3.05) is 29.8 Å². The highest BCUT2D eigenvalue weighted by atomic mass is 32.2. The molecule has 1 saturated carbocycles. The zero-order valence-electron chi connectivity index (χ0n) is 29.1. The molecule has 11 nitrogen and oxygen atoms in total. The van der Waals surface area contributed by atoms with Crippen LogP contribution in [-0.4, -0.2) is 65.4 Å². The molecule has 2 aromatic heterocycles. The van der Waals surface area contributed by atoms with Gasteiger partial charge in [0.2, 0.25) is 11.8 Å². The summed E-state index contributed by atoms with van der Waals surface area (Å²) in [6.45, 7) is 11.2. The van der Waals surface area contributed by atoms with Gasteiger partial charge in [0.1, 0.15) is 5.82 Å². The number of nitrogens with one attached hydrogen (secondary N) is 1. The first-order valence-corrected chi connectivity index (χ1v) is 18.3. The predicted molar refractivity (Wildman–Crippen MR) is 190 cm³/mol. The Morgan fingerprint density at radius 2 is 1.73 bits per heavy atom. The van der Waals surface area contributed by atoms with Crippen LogP contribution in [0, 0.1) is 25.2 Å². The largest absolute Gasteiger partial charge is 0.477 e. The van der Waals surface area contributed by atoms with Crippen LogP contribution in [0.1, 0.15) is 73.6 Å². The van der Waals surface area contributed by atoms with Crippen molar-refractivity contribution in [3.8, 4) is 17.1 Å². The molecule has 0 saturated heterocycles. The number of rotatable bonds is 6. The van der Waals surface area contributed by atoms with Crippen molar-refractivity contribution in [1.82, 2.24) is 24.8 Å². The quantitative estimate of drug-likeness (QED) is 0.244. The second-order valence-corrected chi connectivity index (χ2v) is 16.2. The lowest BCUT2D eigenvalue weighted by Crippen LogP contribution is -2.39. The van der Waals surface area contributed by atoms with E-state index in [1.54, 1.807) is 35.5 Å². The molecule has 3 heterocycles. The summed E-state index contributed by atoms with van der Waals surface area (Å²) in [5.74, 6) is 0.501. The highest BCUT2D eigenvalue weighted by Crippen LogP contribution is 2.32. The molecular weight excluding hydrogens is 639 g/mol. The van der Waals surface area contributed by atoms with Crippen molar-refractivity contribution in [2.24, 2.45) is 11.3 Å². The summed E-state index contributed by atoms with van der Waals surface area (Å²) in [7, 11) is -2.14. The van der Waals surface area contributed by atoms with Gasteiger partial charge in [-0.25, -0.2) is 23.1 Å². The summed E-state index contributed by atoms with van der Waals surface area (Å²) in [5, 5.41) is 0. The number of aryl methyl sites for hydroxylation is 2. The predicted octanol–water partition coefficient (Wildman–Crippen LogP) is 6.43. The molecule has 1 aliphatic heterocycles. The van der Waals surface area contributed by atoms with E-state index in [1.165, 1.54) is 18.6 Å². The van der Waals surface area contributed by atoms with Crippen LogP contribution in [0.4, 0.5) is 11.8 Å². The van der Waals surface area contributed by atoms with Gasteiger partial charge in [-0.05, 0) is 74.3 Å². The van der Waals surface area contributed by atoms with E-state index in [4.69, 9.17) is 9.72 Å². The molecule has 2 aliphatic rings. The normalized spacial score (nSPS) is 18.1. The van der Waals surface area contributed by atoms with Crippen LogP contribution < -0.4 is 14.4 Å². The number of sulfonamides is 1. The van der Waals surface area contributed by atoms with E-state index >= 15 is 0 Å². The maximum Gasteiger partial charge on any atom is 0.264 e. The minimum Gasteiger partial charge on any atom is -0.477 e. The topological polar surface area (TPSA) is 131 Å². The summed E-state index contributed by atoms with van der Waals surface area (Å²) in [4.78, 5) is 36.6. The molecule has 0 unspecified atom stereocenters. The fraction of sp³-hybridized carbons (Fsp3) is 0.432. The van der Waals surface area contributed by atoms with Gasteiger partial charge < -0.3 is 14.5 Å². The van der Waals surface area contributed by atoms with E-state index < -0.39 is 10.0 Å². The van der Waals surface area contributed by atoms with Gasteiger partial charge in [-0.3, -0.25) is 9.78 Å². The van der Waals surface area contributed by atoms with Gasteiger partial charge in [0, 0.05) is 42.7 Å². The molecule has 0 spiro atoms. The van der Waals surface area contributed by atoms with E-state index in [0.29, 0.717) is 24.0 Å². The van der Waals surface area contributed by atoms with Crippen molar-refractivity contribution in [3.05, 3.63) is 83.3 Å². The van der Waals surface area contributed by atoms with Gasteiger partial charge in [0.15, 0.2) is 0 Å². The fourth-order valence-corrected chi connectivity index (χ4v) is 7.61. The van der Waals surface area contributed by atoms with Crippen LogP contribution in [0.15, 0.2) is 65.8 Å². The lowest BCUT2D eigenvalue weighted by molar-refractivity contribution is 0.0657. The highest BCUT2D eigenvalue weighted by Gasteiger charge is 2.29. The van der Waals surface area contributed by atoms with Crippen LogP contribution in [0.5, 0.6) is 5.88 Å². The second kappa shape index (κ2) is 13.7. The molecule has 1 N–H and O–H groups in total. The van der Waals surface area contributed by atoms with E-state index in [-0.39, 0.29) is 52.7 Å². The Labute approximate surface area is 289 Å². The molecule has 0 radical (unpaired) electrons. The third-order valence-electron chi connectivity index (χ3n) is 9.20. The van der Waals surface area contributed by atoms with Gasteiger partial charge in [-0.1, -0.05) is 45.0 Å². The Morgan fingerprint density at radius 1 is 1.00 bits per heavy atom. The van der Waals surface area contributed by atoms with Crippen LogP contribution in [0.25, 0.3) is 11.3 Å². The lowest BCUT2D eigenvalue weighted by atomic mass is 9.84. The fourth-order valence-electron chi connectivity index (χ4n) is 6.62. The first kappa shape index (κ1) is 34.3. The number of benzene rings is 2. The number of anilines is 2. The van der Waals surface area contributed by atoms with Gasteiger partial charge in [0.05, 0.1) is 41.8 Å². The maximum absolute atomic E-state index is 14.3. The summed E-state index contributed by atoms with van der Waals surface area (Å²) in [6, 6.07) is 14.2. The summed E-state index contributed by atoms with van der Waals surface area (Å²) < 4.78 is 36.4. The van der Waals surface area contributed by atoms with Crippen molar-refractivity contribution < 1.29 is 17.9 Å². The number of hydrogen-bond donors (Lipinski definition) is 1. The Kier molecular flexibility index (Phi) is 9.61. The van der Waals surface area contributed by atoms with Crippen LogP contribution in [0.3, 0.4) is 0 Å². The van der Waals surface area contributed by atoms with E-state index in [9.17, 15) is 13.2 Å². The monoisotopic (exact) mass is 683 g/mol. The number of nitrogens with zero attached hydrogens (tertiary/aromatic N) is 6. The zero-order chi connectivity index (χ0) is 34.9. The summed E-state index contributed by atoms with van der Waals surface area (Å²) in [5.41, 5.74) is 4.24. The zero-order valence-corrected chi connectivity index (χ0v) is 29.9. The lowest BCUT2D eigenvalue weighted by Gasteiger charge is -2.35. The van der Waals surface area contributed by atoms with Crippen LogP contribution in [0.2, 0.25) is 0 Å². The van der Waals surface area contributed by atoms with Gasteiger partial charge in [-0.15, -0.1) is 0 Å². The number of ether oxygens (including phenoxy) is 1. The Hall–Kier alpha value is -4.58. The van der Waals surface area contributed by atoms with Crippen molar-refractivity contribution in [2.45, 2.75) is 77.8 Å². The van der Waals surface area contributed by atoms with Gasteiger partial charge in [-0.2, -0.15) is 4.98 Å². The van der Waals surface area contributed by atoms with E-state index in [2.05, 4.69) is 45.3 Å². The molecule has 1 amide bonds. The molecular formula is C37H45N7O4S. The van der Waals surface area contributed by atoms with Crippen molar-refractivity contribution in [3.63, 3.8) is 0 Å². The number of hydrogen-bond acceptors (Lipinski definition) is 9. The highest BCUT2D eigenvalue weighted by molar-refractivity contribution is 7.92. The number of carbonyl (C=O) groups excluding carboxylic acids is 1. The minimum absolute atomic E-state index is 0.0742. The molecule has 1 aliphatic carbocycles. The van der Waals surface area contributed by atoms with E-state index in [0.717, 1.165) is 41.8 Å². The van der Waals surface area contributed by atoms with Gasteiger partial charge in [0.25, 0.3) is 15.9 Å². The molecule has 258 valence electrons. The maximum atomic E-state index is 14.3. The molecule has 4 bridgehead atoms. The Balaban J connectivity index is 1.42. The first-order chi connectivity index (χ1) is 23.3. The molecule has 6 rings (SSSR count). The SMILES string of the molecule is Cc1cccc(C)c1-c1cc2nc(n1)NS(=O)(=O)c1cccc(c1)C(=O)N(Cc1cncc(N(C)C3CCC3)n1)C[C@@H](CC(C)(C)C)CO2. The number of carbonyl (C=O) groups is 1. The second-order valence-electron chi connectivity index (χ2n) is 14.5. The van der Waals surface area contributed by atoms with Crippen LogP contribution >= 0.6 is 0 Å². The first-order valence-electron chi connectivity index (χ1n) is 16.8. The number of fused-ring (bicyclic) bond motifs is 4. The third kappa shape index (κ3) is 8.01. The molecule has 12 heteroatoms. The van der Waals surface area contributed by atoms with Crippen molar-refractivity contribution >= 4 is 27.7 Å². The molecule has 1 fully saturated rings.